The summed E-state index contributed by atoms with van der Waals surface area (Å²) < 4.78 is 13.7. The lowest BCUT2D eigenvalue weighted by atomic mass is 10.2. The minimum absolute atomic E-state index is 0.427. The van der Waals surface area contributed by atoms with Crippen LogP contribution in [0, 0.1) is 5.82 Å². The first-order chi connectivity index (χ1) is 15.2. The lowest BCUT2D eigenvalue weighted by molar-refractivity contribution is 0.359. The Balaban J connectivity index is 1.50. The molecule has 1 fully saturated rings. The van der Waals surface area contributed by atoms with E-state index in [0.29, 0.717) is 33.5 Å². The second-order valence-electron chi connectivity index (χ2n) is 7.20. The summed E-state index contributed by atoms with van der Waals surface area (Å²) in [6.07, 6.45) is 1.93. The molecule has 5 rings (SSSR count). The highest BCUT2D eigenvalue weighted by Gasteiger charge is 2.15. The van der Waals surface area contributed by atoms with E-state index in [0.717, 1.165) is 42.8 Å². The number of anilines is 2. The van der Waals surface area contributed by atoms with Crippen molar-refractivity contribution in [1.82, 2.24) is 30.0 Å². The van der Waals surface area contributed by atoms with Crippen molar-refractivity contribution in [2.75, 3.05) is 30.0 Å². The zero-order valence-electron chi connectivity index (χ0n) is 16.5. The van der Waals surface area contributed by atoms with Crippen LogP contribution in [0.15, 0.2) is 42.6 Å². The van der Waals surface area contributed by atoms with Crippen LogP contribution in [0.2, 0.25) is 5.02 Å². The Labute approximate surface area is 187 Å². The average Bonchev–Trinajstić information content (AvgIpc) is 3.43. The number of benzene rings is 1. The topological polar surface area (TPSA) is 82.6 Å². The molecule has 0 unspecified atom stereocenters. The van der Waals surface area contributed by atoms with Gasteiger partial charge in [-0.25, -0.2) is 19.3 Å². The van der Waals surface area contributed by atoms with E-state index in [1.165, 1.54) is 11.8 Å². The molecule has 1 saturated heterocycles. The molecule has 0 bridgehead atoms. The summed E-state index contributed by atoms with van der Waals surface area (Å²) in [7, 11) is 0. The van der Waals surface area contributed by atoms with E-state index in [2.05, 4.69) is 30.4 Å². The molecule has 4 aromatic rings. The summed E-state index contributed by atoms with van der Waals surface area (Å²) in [5.74, 6) is 3.42. The highest BCUT2D eigenvalue weighted by molar-refractivity contribution is 7.99. The Morgan fingerprint density at radius 2 is 2.13 bits per heavy atom. The van der Waals surface area contributed by atoms with E-state index < -0.39 is 5.82 Å². The van der Waals surface area contributed by atoms with Crippen LogP contribution in [0.3, 0.4) is 0 Å². The summed E-state index contributed by atoms with van der Waals surface area (Å²) in [5.41, 5.74) is 2.08. The molecule has 0 saturated carbocycles. The number of H-pyrrole nitrogens is 1. The number of nitrogens with zero attached hydrogens (tertiary/aromatic N) is 5. The molecule has 0 radical (unpaired) electrons. The molecule has 10 heteroatoms. The number of aromatic nitrogens is 5. The molecule has 0 aliphatic carbocycles. The lowest BCUT2D eigenvalue weighted by Gasteiger charge is -2.14. The van der Waals surface area contributed by atoms with Gasteiger partial charge in [0.15, 0.2) is 11.5 Å². The first-order valence-electron chi connectivity index (χ1n) is 9.85. The van der Waals surface area contributed by atoms with Crippen molar-refractivity contribution < 1.29 is 4.39 Å². The number of rotatable bonds is 6. The molecule has 1 aromatic carbocycles. The molecule has 3 aromatic heterocycles. The maximum absolute atomic E-state index is 13.7. The molecule has 0 atom stereocenters. The van der Waals surface area contributed by atoms with Crippen molar-refractivity contribution in [3.63, 3.8) is 0 Å². The quantitative estimate of drug-likeness (QED) is 0.443. The van der Waals surface area contributed by atoms with Gasteiger partial charge in [-0.1, -0.05) is 23.7 Å². The minimum Gasteiger partial charge on any atom is -0.325 e. The summed E-state index contributed by atoms with van der Waals surface area (Å²) >= 11 is 8.35. The molecular weight excluding hydrogens is 437 g/mol. The second-order valence-corrected chi connectivity index (χ2v) is 8.68. The summed E-state index contributed by atoms with van der Waals surface area (Å²) in [6.45, 7) is 2.02. The number of thioether (sulfide) groups is 1. The van der Waals surface area contributed by atoms with Crippen LogP contribution >= 0.6 is 23.4 Å². The average molecular weight is 456 g/mol. The number of aromatic amines is 1. The third kappa shape index (κ3) is 4.48. The zero-order valence-corrected chi connectivity index (χ0v) is 18.0. The van der Waals surface area contributed by atoms with Crippen LogP contribution < -0.4 is 5.32 Å². The number of hydrogen-bond acceptors (Lipinski definition) is 7. The van der Waals surface area contributed by atoms with E-state index >= 15 is 0 Å². The smallest absolute Gasteiger partial charge is 0.183 e. The molecule has 4 heterocycles. The van der Waals surface area contributed by atoms with Gasteiger partial charge in [0.2, 0.25) is 0 Å². The van der Waals surface area contributed by atoms with Crippen molar-refractivity contribution in [1.29, 1.82) is 0 Å². The van der Waals surface area contributed by atoms with Crippen molar-refractivity contribution >= 4 is 46.0 Å². The Kier molecular flexibility index (Phi) is 5.71. The summed E-state index contributed by atoms with van der Waals surface area (Å²) in [4.78, 5) is 15.8. The highest BCUT2D eigenvalue weighted by atomic mass is 35.5. The molecule has 0 amide bonds. The van der Waals surface area contributed by atoms with Crippen LogP contribution in [0.5, 0.6) is 0 Å². The third-order valence-corrected chi connectivity index (χ3v) is 6.38. The molecule has 7 nitrogen and oxygen atoms in total. The van der Waals surface area contributed by atoms with Crippen LogP contribution in [0.1, 0.15) is 5.69 Å². The van der Waals surface area contributed by atoms with Crippen LogP contribution in [-0.4, -0.2) is 54.8 Å². The lowest BCUT2D eigenvalue weighted by Crippen LogP contribution is -2.22. The molecule has 0 spiro atoms. The Bertz CT molecular complexity index is 1230. The Morgan fingerprint density at radius 3 is 2.97 bits per heavy atom. The van der Waals surface area contributed by atoms with Crippen LogP contribution in [-0.2, 0) is 6.42 Å². The predicted molar refractivity (Wildman–Crippen MR) is 122 cm³/mol. The van der Waals surface area contributed by atoms with Gasteiger partial charge < -0.3 is 5.32 Å². The van der Waals surface area contributed by atoms with Gasteiger partial charge in [0.1, 0.15) is 17.5 Å². The normalized spacial score (nSPS) is 14.4. The molecule has 1 aliphatic rings. The number of pyridine rings is 1. The number of fused-ring (bicyclic) bond motifs is 1. The fourth-order valence-corrected chi connectivity index (χ4v) is 4.70. The third-order valence-electron chi connectivity index (χ3n) is 5.03. The number of halogens is 2. The Hall–Kier alpha value is -2.75. The van der Waals surface area contributed by atoms with Gasteiger partial charge in [0, 0.05) is 48.5 Å². The van der Waals surface area contributed by atoms with Gasteiger partial charge in [-0.2, -0.15) is 5.10 Å². The van der Waals surface area contributed by atoms with E-state index in [4.69, 9.17) is 16.6 Å². The summed E-state index contributed by atoms with van der Waals surface area (Å²) in [5, 5.41) is 11.3. The van der Waals surface area contributed by atoms with E-state index in [1.54, 1.807) is 0 Å². The molecule has 1 aliphatic heterocycles. The first-order valence-corrected chi connectivity index (χ1v) is 11.4. The van der Waals surface area contributed by atoms with Crippen molar-refractivity contribution in [2.24, 2.45) is 0 Å². The van der Waals surface area contributed by atoms with Crippen molar-refractivity contribution in [3.05, 3.63) is 59.1 Å². The van der Waals surface area contributed by atoms with Gasteiger partial charge >= 0.3 is 0 Å². The monoisotopic (exact) mass is 455 g/mol. The molecule has 2 N–H and O–H groups in total. The fraction of sp³-hybridized carbons (Fsp3) is 0.238. The zero-order chi connectivity index (χ0) is 21.2. The van der Waals surface area contributed by atoms with Gasteiger partial charge in [-0.05, 0) is 18.2 Å². The summed E-state index contributed by atoms with van der Waals surface area (Å²) in [6, 6.07) is 10.8. The van der Waals surface area contributed by atoms with Crippen LogP contribution in [0.25, 0.3) is 22.4 Å². The number of hydrogen-bond donors (Lipinski definition) is 2. The predicted octanol–water partition coefficient (Wildman–Crippen LogP) is 4.50. The van der Waals surface area contributed by atoms with Gasteiger partial charge in [-0.3, -0.25) is 10.00 Å². The van der Waals surface area contributed by atoms with Crippen LogP contribution in [0.4, 0.5) is 16.0 Å². The maximum Gasteiger partial charge on any atom is 0.183 e. The highest BCUT2D eigenvalue weighted by Crippen LogP contribution is 2.28. The largest absolute Gasteiger partial charge is 0.325 e. The van der Waals surface area contributed by atoms with Crippen molar-refractivity contribution in [2.45, 2.75) is 6.42 Å². The second kappa shape index (κ2) is 8.78. The van der Waals surface area contributed by atoms with E-state index in [-0.39, 0.29) is 0 Å². The maximum atomic E-state index is 13.7. The molecule has 31 heavy (non-hydrogen) atoms. The van der Waals surface area contributed by atoms with Crippen molar-refractivity contribution in [3.8, 4) is 11.4 Å². The Morgan fingerprint density at radius 1 is 1.23 bits per heavy atom. The first kappa shape index (κ1) is 20.2. The van der Waals surface area contributed by atoms with Gasteiger partial charge in [-0.15, -0.1) is 11.8 Å². The molecule has 158 valence electrons. The van der Waals surface area contributed by atoms with E-state index in [1.807, 2.05) is 42.1 Å². The minimum atomic E-state index is -0.430. The fourth-order valence-electron chi connectivity index (χ4n) is 3.45. The van der Waals surface area contributed by atoms with E-state index in [9.17, 15) is 4.39 Å². The SMILES string of the molecule is Fc1cnc2n[nH]c(Nc3cc(CCN4CCSC4)nc(-c4ccccc4Cl)n3)c2c1. The molecular formula is C21H19ClFN7S. The van der Waals surface area contributed by atoms with Gasteiger partial charge in [0.25, 0.3) is 0 Å². The van der Waals surface area contributed by atoms with Gasteiger partial charge in [0.05, 0.1) is 16.6 Å². The number of nitrogens with one attached hydrogen (secondary N) is 2. The standard InChI is InChI=1S/C21H19ClFN7S/c22-17-4-2-1-3-15(17)20-25-14(5-6-30-7-8-31-12-30)10-18(26-20)27-21-16-9-13(23)11-24-19(16)28-29-21/h1-4,9-11H,5-8,12H2,(H2,24,25,26,27,28,29).